The summed E-state index contributed by atoms with van der Waals surface area (Å²) in [5, 5.41) is 3.10. The largest absolute Gasteiger partial charge is 0.469 e. The molecule has 3 nitrogen and oxygen atoms in total. The molecule has 1 saturated carbocycles. The van der Waals surface area contributed by atoms with E-state index in [0.29, 0.717) is 10.4 Å². The molecule has 2 atom stereocenters. The first-order valence-corrected chi connectivity index (χ1v) is 7.15. The summed E-state index contributed by atoms with van der Waals surface area (Å²) in [7, 11) is 0. The zero-order valence-electron chi connectivity index (χ0n) is 10.0. The highest BCUT2D eigenvalue weighted by atomic mass is 79.9. The van der Waals surface area contributed by atoms with E-state index in [-0.39, 0.29) is 11.9 Å². The van der Waals surface area contributed by atoms with Crippen LogP contribution in [0.3, 0.4) is 0 Å². The van der Waals surface area contributed by atoms with Gasteiger partial charge in [-0.2, -0.15) is 0 Å². The molecule has 94 valence electrons. The van der Waals surface area contributed by atoms with Crippen molar-refractivity contribution < 1.29 is 9.21 Å². The minimum atomic E-state index is -0.00745. The number of amides is 1. The minimum Gasteiger partial charge on any atom is -0.469 e. The van der Waals surface area contributed by atoms with Crippen LogP contribution in [0.4, 0.5) is 0 Å². The Morgan fingerprint density at radius 3 is 3.00 bits per heavy atom. The highest BCUT2D eigenvalue weighted by Crippen LogP contribution is 2.25. The third kappa shape index (κ3) is 2.92. The molecule has 0 aromatic carbocycles. The first kappa shape index (κ1) is 12.7. The molecule has 0 bridgehead atoms. The first-order chi connectivity index (χ1) is 8.22. The summed E-state index contributed by atoms with van der Waals surface area (Å²) in [5.74, 6) is 0.761. The van der Waals surface area contributed by atoms with Crippen LogP contribution >= 0.6 is 15.9 Å². The van der Waals surface area contributed by atoms with Gasteiger partial charge >= 0.3 is 0 Å². The Hall–Kier alpha value is -0.770. The second kappa shape index (κ2) is 5.71. The molecule has 1 fully saturated rings. The Kier molecular flexibility index (Phi) is 4.26. The Morgan fingerprint density at radius 1 is 1.53 bits per heavy atom. The molecule has 4 heteroatoms. The Labute approximate surface area is 110 Å². The van der Waals surface area contributed by atoms with Crippen LogP contribution < -0.4 is 5.32 Å². The fraction of sp³-hybridized carbons (Fsp3) is 0.615. The van der Waals surface area contributed by atoms with Crippen molar-refractivity contribution in [1.82, 2.24) is 5.32 Å². The standard InChI is InChI=1S/C13H18BrNO2/c1-2-12-9(7-8-17-12)13(16)15-11-6-4-3-5-10(11)14/h7-8,10-11H,2-6H2,1H3,(H,15,16). The number of furan rings is 1. The van der Waals surface area contributed by atoms with Crippen molar-refractivity contribution in [3.05, 3.63) is 23.7 Å². The van der Waals surface area contributed by atoms with Gasteiger partial charge in [0.25, 0.3) is 5.91 Å². The van der Waals surface area contributed by atoms with Crippen molar-refractivity contribution in [3.63, 3.8) is 0 Å². The van der Waals surface area contributed by atoms with Gasteiger partial charge in [-0.15, -0.1) is 0 Å². The summed E-state index contributed by atoms with van der Waals surface area (Å²) in [5.41, 5.74) is 0.678. The lowest BCUT2D eigenvalue weighted by Crippen LogP contribution is -2.42. The van der Waals surface area contributed by atoms with Gasteiger partial charge in [-0.1, -0.05) is 35.7 Å². The molecule has 1 aromatic rings. The number of nitrogens with one attached hydrogen (secondary N) is 1. The van der Waals surface area contributed by atoms with E-state index in [2.05, 4.69) is 21.2 Å². The third-order valence-electron chi connectivity index (χ3n) is 3.31. The molecule has 17 heavy (non-hydrogen) atoms. The molecule has 0 spiro atoms. The van der Waals surface area contributed by atoms with Crippen LogP contribution in [0.25, 0.3) is 0 Å². The van der Waals surface area contributed by atoms with Gasteiger partial charge in [0.2, 0.25) is 0 Å². The van der Waals surface area contributed by atoms with Crippen molar-refractivity contribution in [2.75, 3.05) is 0 Å². The highest BCUT2D eigenvalue weighted by Gasteiger charge is 2.25. The Balaban J connectivity index is 2.01. The maximum absolute atomic E-state index is 12.1. The van der Waals surface area contributed by atoms with Crippen molar-refractivity contribution in [2.24, 2.45) is 0 Å². The van der Waals surface area contributed by atoms with E-state index in [1.165, 1.54) is 12.8 Å². The lowest BCUT2D eigenvalue weighted by atomic mass is 9.95. The van der Waals surface area contributed by atoms with Crippen molar-refractivity contribution in [3.8, 4) is 0 Å². The average molecular weight is 300 g/mol. The van der Waals surface area contributed by atoms with E-state index in [9.17, 15) is 4.79 Å². The molecule has 1 heterocycles. The Bertz CT molecular complexity index is 389. The number of aryl methyl sites for hydroxylation is 1. The van der Waals surface area contributed by atoms with Crippen LogP contribution in [0.2, 0.25) is 0 Å². The van der Waals surface area contributed by atoms with Crippen LogP contribution in [0.1, 0.15) is 48.7 Å². The predicted molar refractivity (Wildman–Crippen MR) is 70.5 cm³/mol. The van der Waals surface area contributed by atoms with Crippen LogP contribution in [0.15, 0.2) is 16.7 Å². The molecule has 1 N–H and O–H groups in total. The summed E-state index contributed by atoms with van der Waals surface area (Å²) in [6.45, 7) is 1.99. The van der Waals surface area contributed by atoms with E-state index in [1.54, 1.807) is 12.3 Å². The van der Waals surface area contributed by atoms with Gasteiger partial charge in [0, 0.05) is 17.3 Å². The van der Waals surface area contributed by atoms with Crippen molar-refractivity contribution in [2.45, 2.75) is 49.9 Å². The lowest BCUT2D eigenvalue weighted by molar-refractivity contribution is 0.0928. The zero-order chi connectivity index (χ0) is 12.3. The fourth-order valence-corrected chi connectivity index (χ4v) is 3.03. The van der Waals surface area contributed by atoms with Gasteiger partial charge < -0.3 is 9.73 Å². The van der Waals surface area contributed by atoms with Crippen LogP contribution in [-0.2, 0) is 6.42 Å². The molecule has 1 aromatic heterocycles. The SMILES string of the molecule is CCc1occc1C(=O)NC1CCCCC1Br. The molecule has 0 aliphatic heterocycles. The number of carbonyl (C=O) groups is 1. The van der Waals surface area contributed by atoms with Crippen molar-refractivity contribution >= 4 is 21.8 Å². The van der Waals surface area contributed by atoms with Crippen LogP contribution in [-0.4, -0.2) is 16.8 Å². The summed E-state index contributed by atoms with van der Waals surface area (Å²) in [6.07, 6.45) is 6.96. The minimum absolute atomic E-state index is 0.00745. The van der Waals surface area contributed by atoms with Crippen LogP contribution in [0, 0.1) is 0 Å². The van der Waals surface area contributed by atoms with E-state index in [1.807, 2.05) is 6.92 Å². The normalized spacial score (nSPS) is 24.6. The molecule has 0 radical (unpaired) electrons. The summed E-state index contributed by atoms with van der Waals surface area (Å²) >= 11 is 3.64. The maximum atomic E-state index is 12.1. The maximum Gasteiger partial charge on any atom is 0.255 e. The summed E-state index contributed by atoms with van der Waals surface area (Å²) < 4.78 is 5.28. The van der Waals surface area contributed by atoms with Gasteiger partial charge in [-0.05, 0) is 18.9 Å². The molecule has 1 amide bonds. The van der Waals surface area contributed by atoms with Crippen LogP contribution in [0.5, 0.6) is 0 Å². The fourth-order valence-electron chi connectivity index (χ4n) is 2.31. The quantitative estimate of drug-likeness (QED) is 0.870. The second-order valence-electron chi connectivity index (χ2n) is 4.49. The van der Waals surface area contributed by atoms with Gasteiger partial charge in [-0.25, -0.2) is 0 Å². The molecule has 0 saturated heterocycles. The van der Waals surface area contributed by atoms with Gasteiger partial charge in [0.15, 0.2) is 0 Å². The van der Waals surface area contributed by atoms with Gasteiger partial charge in [0.1, 0.15) is 5.76 Å². The summed E-state index contributed by atoms with van der Waals surface area (Å²) in [4.78, 5) is 12.5. The van der Waals surface area contributed by atoms with E-state index in [4.69, 9.17) is 4.42 Å². The number of halogens is 1. The first-order valence-electron chi connectivity index (χ1n) is 6.23. The molecule has 1 aliphatic carbocycles. The highest BCUT2D eigenvalue weighted by molar-refractivity contribution is 9.09. The molecular formula is C13H18BrNO2. The number of hydrogen-bond acceptors (Lipinski definition) is 2. The van der Waals surface area contributed by atoms with Gasteiger partial charge in [0.05, 0.1) is 11.8 Å². The predicted octanol–water partition coefficient (Wildman–Crippen LogP) is 3.28. The number of alkyl halides is 1. The molecule has 2 unspecified atom stereocenters. The number of hydrogen-bond donors (Lipinski definition) is 1. The lowest BCUT2D eigenvalue weighted by Gasteiger charge is -2.28. The second-order valence-corrected chi connectivity index (χ2v) is 5.67. The zero-order valence-corrected chi connectivity index (χ0v) is 11.6. The topological polar surface area (TPSA) is 42.2 Å². The third-order valence-corrected chi connectivity index (χ3v) is 4.41. The van der Waals surface area contributed by atoms with E-state index >= 15 is 0 Å². The molecule has 1 aliphatic rings. The number of carbonyl (C=O) groups excluding carboxylic acids is 1. The van der Waals surface area contributed by atoms with E-state index < -0.39 is 0 Å². The van der Waals surface area contributed by atoms with E-state index in [0.717, 1.165) is 25.0 Å². The number of rotatable bonds is 3. The van der Waals surface area contributed by atoms with Gasteiger partial charge in [-0.3, -0.25) is 4.79 Å². The smallest absolute Gasteiger partial charge is 0.255 e. The average Bonchev–Trinajstić information content (AvgIpc) is 2.80. The Morgan fingerprint density at radius 2 is 2.29 bits per heavy atom. The summed E-state index contributed by atoms with van der Waals surface area (Å²) in [6, 6.07) is 2.00. The monoisotopic (exact) mass is 299 g/mol. The van der Waals surface area contributed by atoms with Crippen molar-refractivity contribution in [1.29, 1.82) is 0 Å². The molecule has 2 rings (SSSR count). The molecular weight excluding hydrogens is 282 g/mol.